The van der Waals surface area contributed by atoms with Crippen LogP contribution in [0.5, 0.6) is 0 Å². The predicted octanol–water partition coefficient (Wildman–Crippen LogP) is 1.95. The fraction of sp³-hybridized carbons (Fsp3) is 0.294. The van der Waals surface area contributed by atoms with Crippen molar-refractivity contribution in [3.63, 3.8) is 0 Å². The number of amides is 1. The normalized spacial score (nSPS) is 26.5. The second-order valence-electron chi connectivity index (χ2n) is 5.85. The first-order valence-corrected chi connectivity index (χ1v) is 7.30. The maximum absolute atomic E-state index is 12.5. The van der Waals surface area contributed by atoms with Gasteiger partial charge in [0.15, 0.2) is 0 Å². The predicted molar refractivity (Wildman–Crippen MR) is 79.7 cm³/mol. The highest BCUT2D eigenvalue weighted by atomic mass is 16.2. The number of aromatic nitrogens is 1. The Hall–Kier alpha value is -2.20. The molecule has 0 spiro atoms. The first-order chi connectivity index (χ1) is 10.3. The Morgan fingerprint density at radius 1 is 1.10 bits per heavy atom. The highest BCUT2D eigenvalue weighted by Crippen LogP contribution is 2.48. The molecule has 0 bridgehead atoms. The molecule has 1 aliphatic carbocycles. The highest BCUT2D eigenvalue weighted by Gasteiger charge is 2.45. The van der Waals surface area contributed by atoms with Crippen LogP contribution in [0.2, 0.25) is 0 Å². The molecule has 0 unspecified atom stereocenters. The van der Waals surface area contributed by atoms with Crippen LogP contribution < -0.4 is 5.73 Å². The van der Waals surface area contributed by atoms with Gasteiger partial charge in [0.2, 0.25) is 0 Å². The number of nitrogens with two attached hydrogens (primary N) is 1. The summed E-state index contributed by atoms with van der Waals surface area (Å²) in [7, 11) is 0. The standard InChI is InChI=1S/C17H17N3O/c18-16-12-6-2-1-5-11(12)13-9-20(10-14(13)16)17(21)15-7-3-4-8-19-15/h1-8,13-14,16H,9-10,18H2/t13-,14-,16-/m0/s1. The lowest BCUT2D eigenvalue weighted by molar-refractivity contribution is 0.0778. The third-order valence-electron chi connectivity index (χ3n) is 4.75. The van der Waals surface area contributed by atoms with Crippen molar-refractivity contribution in [3.05, 3.63) is 65.5 Å². The van der Waals surface area contributed by atoms with Gasteiger partial charge in [0.05, 0.1) is 0 Å². The molecule has 1 aromatic carbocycles. The van der Waals surface area contributed by atoms with E-state index in [0.717, 1.165) is 13.1 Å². The zero-order valence-electron chi connectivity index (χ0n) is 11.6. The molecule has 1 fully saturated rings. The minimum atomic E-state index is 0.00896. The highest BCUT2D eigenvalue weighted by molar-refractivity contribution is 5.92. The molecule has 2 N–H and O–H groups in total. The van der Waals surface area contributed by atoms with Crippen molar-refractivity contribution in [2.45, 2.75) is 12.0 Å². The van der Waals surface area contributed by atoms with Gasteiger partial charge >= 0.3 is 0 Å². The minimum absolute atomic E-state index is 0.00896. The molecular formula is C17H17N3O. The van der Waals surface area contributed by atoms with Crippen molar-refractivity contribution < 1.29 is 4.79 Å². The van der Waals surface area contributed by atoms with Crippen molar-refractivity contribution in [2.24, 2.45) is 11.7 Å². The number of nitrogens with zero attached hydrogens (tertiary/aromatic N) is 2. The molecule has 2 heterocycles. The lowest BCUT2D eigenvalue weighted by Crippen LogP contribution is -2.31. The summed E-state index contributed by atoms with van der Waals surface area (Å²) >= 11 is 0. The van der Waals surface area contributed by atoms with E-state index >= 15 is 0 Å². The first-order valence-electron chi connectivity index (χ1n) is 7.30. The molecule has 2 aliphatic rings. The fourth-order valence-electron chi connectivity index (χ4n) is 3.72. The van der Waals surface area contributed by atoms with Crippen LogP contribution in [0.15, 0.2) is 48.7 Å². The van der Waals surface area contributed by atoms with E-state index in [1.54, 1.807) is 12.3 Å². The summed E-state index contributed by atoms with van der Waals surface area (Å²) in [6, 6.07) is 13.8. The summed E-state index contributed by atoms with van der Waals surface area (Å²) in [5.41, 5.74) is 9.45. The van der Waals surface area contributed by atoms with Crippen LogP contribution in [0, 0.1) is 5.92 Å². The quantitative estimate of drug-likeness (QED) is 0.868. The van der Waals surface area contributed by atoms with E-state index in [2.05, 4.69) is 23.2 Å². The van der Waals surface area contributed by atoms with Crippen molar-refractivity contribution in [3.8, 4) is 0 Å². The third kappa shape index (κ3) is 1.87. The van der Waals surface area contributed by atoms with E-state index in [0.29, 0.717) is 17.5 Å². The van der Waals surface area contributed by atoms with Crippen LogP contribution >= 0.6 is 0 Å². The Morgan fingerprint density at radius 2 is 1.86 bits per heavy atom. The number of hydrogen-bond donors (Lipinski definition) is 1. The van der Waals surface area contributed by atoms with Gasteiger partial charge in [-0.1, -0.05) is 30.3 Å². The fourth-order valence-corrected chi connectivity index (χ4v) is 3.72. The van der Waals surface area contributed by atoms with Crippen molar-refractivity contribution >= 4 is 5.91 Å². The molecule has 4 nitrogen and oxygen atoms in total. The maximum atomic E-state index is 12.5. The number of fused-ring (bicyclic) bond motifs is 3. The lowest BCUT2D eigenvalue weighted by Gasteiger charge is -2.19. The van der Waals surface area contributed by atoms with Gasteiger partial charge in [-0.2, -0.15) is 0 Å². The molecule has 2 aromatic rings. The number of hydrogen-bond acceptors (Lipinski definition) is 3. The Bertz CT molecular complexity index is 685. The van der Waals surface area contributed by atoms with E-state index in [9.17, 15) is 4.79 Å². The van der Waals surface area contributed by atoms with Crippen molar-refractivity contribution in [2.75, 3.05) is 13.1 Å². The maximum Gasteiger partial charge on any atom is 0.272 e. The molecule has 1 aromatic heterocycles. The van der Waals surface area contributed by atoms with Gasteiger partial charge in [-0.3, -0.25) is 9.78 Å². The zero-order valence-corrected chi connectivity index (χ0v) is 11.6. The molecule has 0 radical (unpaired) electrons. The van der Waals surface area contributed by atoms with Gasteiger partial charge in [-0.05, 0) is 23.3 Å². The number of likely N-dealkylation sites (tertiary alicyclic amines) is 1. The number of rotatable bonds is 1. The summed E-state index contributed by atoms with van der Waals surface area (Å²) in [6.07, 6.45) is 1.66. The summed E-state index contributed by atoms with van der Waals surface area (Å²) in [4.78, 5) is 18.6. The van der Waals surface area contributed by atoms with Gasteiger partial charge in [0, 0.05) is 37.2 Å². The van der Waals surface area contributed by atoms with Gasteiger partial charge in [0.1, 0.15) is 5.69 Å². The largest absolute Gasteiger partial charge is 0.336 e. The molecule has 106 valence electrons. The molecule has 21 heavy (non-hydrogen) atoms. The number of benzene rings is 1. The molecule has 1 saturated heterocycles. The molecule has 4 rings (SSSR count). The van der Waals surface area contributed by atoms with Crippen LogP contribution in [-0.2, 0) is 0 Å². The average Bonchev–Trinajstić information content (AvgIpc) is 3.08. The Balaban J connectivity index is 1.61. The molecular weight excluding hydrogens is 262 g/mol. The SMILES string of the molecule is N[C@H]1c2ccccc2[C@@H]2CN(C(=O)c3ccccn3)C[C@H]12. The molecule has 3 atom stereocenters. The van der Waals surface area contributed by atoms with E-state index < -0.39 is 0 Å². The van der Waals surface area contributed by atoms with E-state index in [1.807, 2.05) is 23.1 Å². The second kappa shape index (κ2) is 4.67. The number of carbonyl (C=O) groups excluding carboxylic acids is 1. The van der Waals surface area contributed by atoms with Crippen LogP contribution in [0.3, 0.4) is 0 Å². The number of pyridine rings is 1. The molecule has 4 heteroatoms. The topological polar surface area (TPSA) is 59.2 Å². The third-order valence-corrected chi connectivity index (χ3v) is 4.75. The summed E-state index contributed by atoms with van der Waals surface area (Å²) in [5.74, 6) is 0.702. The van der Waals surface area contributed by atoms with Crippen molar-refractivity contribution in [1.82, 2.24) is 9.88 Å². The average molecular weight is 279 g/mol. The Morgan fingerprint density at radius 3 is 2.62 bits per heavy atom. The van der Waals surface area contributed by atoms with E-state index in [-0.39, 0.29) is 11.9 Å². The Kier molecular flexibility index (Phi) is 2.79. The monoisotopic (exact) mass is 279 g/mol. The second-order valence-corrected chi connectivity index (χ2v) is 5.85. The minimum Gasteiger partial charge on any atom is -0.336 e. The Labute approximate surface area is 123 Å². The molecule has 0 saturated carbocycles. The summed E-state index contributed by atoms with van der Waals surface area (Å²) in [6.45, 7) is 1.46. The first kappa shape index (κ1) is 12.5. The van der Waals surface area contributed by atoms with Crippen molar-refractivity contribution in [1.29, 1.82) is 0 Å². The van der Waals surface area contributed by atoms with E-state index in [4.69, 9.17) is 5.73 Å². The van der Waals surface area contributed by atoms with Gasteiger partial charge < -0.3 is 10.6 Å². The number of carbonyl (C=O) groups is 1. The van der Waals surface area contributed by atoms with Gasteiger partial charge in [-0.25, -0.2) is 0 Å². The summed E-state index contributed by atoms with van der Waals surface area (Å²) in [5, 5.41) is 0. The van der Waals surface area contributed by atoms with E-state index in [1.165, 1.54) is 11.1 Å². The molecule has 1 aliphatic heterocycles. The summed E-state index contributed by atoms with van der Waals surface area (Å²) < 4.78 is 0. The lowest BCUT2D eigenvalue weighted by atomic mass is 9.95. The molecule has 1 amide bonds. The van der Waals surface area contributed by atoms with Crippen LogP contribution in [0.1, 0.15) is 33.6 Å². The van der Waals surface area contributed by atoms with Crippen LogP contribution in [0.4, 0.5) is 0 Å². The zero-order chi connectivity index (χ0) is 14.4. The smallest absolute Gasteiger partial charge is 0.272 e. The van der Waals surface area contributed by atoms with Gasteiger partial charge in [0.25, 0.3) is 5.91 Å². The van der Waals surface area contributed by atoms with Gasteiger partial charge in [-0.15, -0.1) is 0 Å². The van der Waals surface area contributed by atoms with Crippen LogP contribution in [-0.4, -0.2) is 28.9 Å². The van der Waals surface area contributed by atoms with Crippen LogP contribution in [0.25, 0.3) is 0 Å².